The van der Waals surface area contributed by atoms with E-state index in [0.29, 0.717) is 19.4 Å². The normalized spacial score (nSPS) is 15.8. The van der Waals surface area contributed by atoms with Gasteiger partial charge < -0.3 is 19.5 Å². The summed E-state index contributed by atoms with van der Waals surface area (Å²) < 4.78 is 16.1. The van der Waals surface area contributed by atoms with E-state index in [1.807, 2.05) is 18.2 Å². The van der Waals surface area contributed by atoms with Crippen LogP contribution in [0, 0.1) is 0 Å². The largest absolute Gasteiger partial charge is 0.497 e. The minimum atomic E-state index is 0.0524. The third-order valence-electron chi connectivity index (χ3n) is 4.90. The summed E-state index contributed by atoms with van der Waals surface area (Å²) in [5.41, 5.74) is 1.02. The molecule has 0 saturated carbocycles. The van der Waals surface area contributed by atoms with Gasteiger partial charge >= 0.3 is 0 Å². The number of amides is 1. The van der Waals surface area contributed by atoms with Crippen LogP contribution in [-0.4, -0.2) is 57.9 Å². The van der Waals surface area contributed by atoms with E-state index in [1.165, 1.54) is 4.88 Å². The van der Waals surface area contributed by atoms with Crippen molar-refractivity contribution in [1.82, 2.24) is 10.2 Å². The third kappa shape index (κ3) is 5.70. The SMILES string of the molecule is COc1cc(CCC(=O)NCC(c2cccs2)N2CCOCC2)cc(OC)c1. The van der Waals surface area contributed by atoms with Crippen LogP contribution in [0.4, 0.5) is 0 Å². The summed E-state index contributed by atoms with van der Waals surface area (Å²) >= 11 is 1.73. The average Bonchev–Trinajstić information content (AvgIpc) is 3.27. The molecule has 7 heteroatoms. The van der Waals surface area contributed by atoms with Gasteiger partial charge in [-0.25, -0.2) is 0 Å². The van der Waals surface area contributed by atoms with Gasteiger partial charge in [-0.1, -0.05) is 6.07 Å². The van der Waals surface area contributed by atoms with E-state index >= 15 is 0 Å². The van der Waals surface area contributed by atoms with Crippen molar-refractivity contribution in [1.29, 1.82) is 0 Å². The molecule has 1 aromatic carbocycles. The van der Waals surface area contributed by atoms with Gasteiger partial charge in [-0.2, -0.15) is 0 Å². The molecule has 6 nitrogen and oxygen atoms in total. The predicted octanol–water partition coefficient (Wildman–Crippen LogP) is 2.89. The summed E-state index contributed by atoms with van der Waals surface area (Å²) in [5, 5.41) is 5.20. The number of ether oxygens (including phenoxy) is 3. The van der Waals surface area contributed by atoms with Crippen LogP contribution in [0.5, 0.6) is 11.5 Å². The van der Waals surface area contributed by atoms with Crippen LogP contribution < -0.4 is 14.8 Å². The van der Waals surface area contributed by atoms with Crippen molar-refractivity contribution in [3.8, 4) is 11.5 Å². The number of carbonyl (C=O) groups is 1. The lowest BCUT2D eigenvalue weighted by Crippen LogP contribution is -2.43. The summed E-state index contributed by atoms with van der Waals surface area (Å²) in [4.78, 5) is 16.1. The van der Waals surface area contributed by atoms with E-state index in [1.54, 1.807) is 25.6 Å². The molecule has 1 atom stereocenters. The molecule has 0 bridgehead atoms. The van der Waals surface area contributed by atoms with Crippen LogP contribution in [0.3, 0.4) is 0 Å². The van der Waals surface area contributed by atoms with Crippen LogP contribution >= 0.6 is 11.3 Å². The lowest BCUT2D eigenvalue weighted by atomic mass is 10.1. The van der Waals surface area contributed by atoms with Gasteiger partial charge in [-0.3, -0.25) is 9.69 Å². The van der Waals surface area contributed by atoms with Gasteiger partial charge in [0.15, 0.2) is 0 Å². The highest BCUT2D eigenvalue weighted by Gasteiger charge is 2.23. The third-order valence-corrected chi connectivity index (χ3v) is 5.88. The van der Waals surface area contributed by atoms with Gasteiger partial charge in [-0.05, 0) is 35.6 Å². The molecule has 28 heavy (non-hydrogen) atoms. The highest BCUT2D eigenvalue weighted by molar-refractivity contribution is 7.10. The first kappa shape index (κ1) is 20.6. The van der Waals surface area contributed by atoms with E-state index in [-0.39, 0.29) is 11.9 Å². The molecule has 1 fully saturated rings. The van der Waals surface area contributed by atoms with Crippen LogP contribution in [-0.2, 0) is 16.0 Å². The molecule has 1 unspecified atom stereocenters. The molecule has 1 saturated heterocycles. The Kier molecular flexibility index (Phi) is 7.71. The van der Waals surface area contributed by atoms with Gasteiger partial charge in [0, 0.05) is 37.0 Å². The van der Waals surface area contributed by atoms with Crippen molar-refractivity contribution in [2.45, 2.75) is 18.9 Å². The predicted molar refractivity (Wildman–Crippen MR) is 110 cm³/mol. The lowest BCUT2D eigenvalue weighted by molar-refractivity contribution is -0.121. The Morgan fingerprint density at radius 3 is 2.54 bits per heavy atom. The van der Waals surface area contributed by atoms with Gasteiger partial charge in [0.05, 0.1) is 33.5 Å². The first-order valence-corrected chi connectivity index (χ1v) is 10.4. The number of hydrogen-bond donors (Lipinski definition) is 1. The molecule has 1 amide bonds. The number of nitrogens with one attached hydrogen (secondary N) is 1. The van der Waals surface area contributed by atoms with E-state index in [4.69, 9.17) is 14.2 Å². The van der Waals surface area contributed by atoms with Gasteiger partial charge in [-0.15, -0.1) is 11.3 Å². The smallest absolute Gasteiger partial charge is 0.220 e. The summed E-state index contributed by atoms with van der Waals surface area (Å²) in [6.45, 7) is 3.88. The van der Waals surface area contributed by atoms with Crippen molar-refractivity contribution >= 4 is 17.2 Å². The number of carbonyl (C=O) groups excluding carboxylic acids is 1. The van der Waals surface area contributed by atoms with Crippen LogP contribution in [0.2, 0.25) is 0 Å². The zero-order chi connectivity index (χ0) is 19.8. The Hall–Kier alpha value is -2.09. The highest BCUT2D eigenvalue weighted by atomic mass is 32.1. The number of thiophene rings is 1. The Balaban J connectivity index is 1.55. The second-order valence-corrected chi connectivity index (χ2v) is 7.68. The Morgan fingerprint density at radius 1 is 1.21 bits per heavy atom. The minimum absolute atomic E-state index is 0.0524. The van der Waals surface area contributed by atoms with E-state index in [9.17, 15) is 4.79 Å². The number of hydrogen-bond acceptors (Lipinski definition) is 6. The van der Waals surface area contributed by atoms with Crippen molar-refractivity contribution in [3.05, 3.63) is 46.2 Å². The number of nitrogens with zero attached hydrogens (tertiary/aromatic N) is 1. The number of rotatable bonds is 9. The highest BCUT2D eigenvalue weighted by Crippen LogP contribution is 2.26. The van der Waals surface area contributed by atoms with E-state index in [2.05, 4.69) is 27.7 Å². The zero-order valence-corrected chi connectivity index (χ0v) is 17.3. The second kappa shape index (κ2) is 10.5. The average molecular weight is 405 g/mol. The lowest BCUT2D eigenvalue weighted by Gasteiger charge is -2.34. The molecule has 3 rings (SSSR count). The fraction of sp³-hybridized carbons (Fsp3) is 0.476. The Morgan fingerprint density at radius 2 is 1.93 bits per heavy atom. The second-order valence-electron chi connectivity index (χ2n) is 6.70. The molecule has 0 radical (unpaired) electrons. The van der Waals surface area contributed by atoms with Crippen molar-refractivity contribution in [2.75, 3.05) is 47.1 Å². The van der Waals surface area contributed by atoms with Gasteiger partial charge in [0.2, 0.25) is 5.91 Å². The maximum atomic E-state index is 12.5. The molecule has 1 aromatic heterocycles. The molecule has 0 spiro atoms. The van der Waals surface area contributed by atoms with Crippen molar-refractivity contribution in [2.24, 2.45) is 0 Å². The number of morpholine rings is 1. The van der Waals surface area contributed by atoms with Crippen molar-refractivity contribution in [3.63, 3.8) is 0 Å². The zero-order valence-electron chi connectivity index (χ0n) is 16.5. The maximum absolute atomic E-state index is 12.5. The minimum Gasteiger partial charge on any atom is -0.497 e. The first-order valence-electron chi connectivity index (χ1n) is 9.53. The van der Waals surface area contributed by atoms with Crippen LogP contribution in [0.1, 0.15) is 22.9 Å². The van der Waals surface area contributed by atoms with Gasteiger partial charge in [0.25, 0.3) is 0 Å². The topological polar surface area (TPSA) is 60.0 Å². The quantitative estimate of drug-likeness (QED) is 0.696. The van der Waals surface area contributed by atoms with E-state index in [0.717, 1.165) is 43.4 Å². The molecule has 1 aliphatic heterocycles. The molecule has 152 valence electrons. The molecule has 2 aromatic rings. The molecule has 2 heterocycles. The van der Waals surface area contributed by atoms with Gasteiger partial charge in [0.1, 0.15) is 11.5 Å². The molecule has 1 N–H and O–H groups in total. The number of benzene rings is 1. The molecule has 1 aliphatic rings. The summed E-state index contributed by atoms with van der Waals surface area (Å²) in [6, 6.07) is 10.1. The first-order chi connectivity index (χ1) is 13.7. The van der Waals surface area contributed by atoms with Crippen LogP contribution in [0.25, 0.3) is 0 Å². The fourth-order valence-corrected chi connectivity index (χ4v) is 4.21. The molecule has 0 aliphatic carbocycles. The summed E-state index contributed by atoms with van der Waals surface area (Å²) in [5.74, 6) is 1.52. The van der Waals surface area contributed by atoms with Crippen LogP contribution in [0.15, 0.2) is 35.7 Å². The Bertz CT molecular complexity index is 723. The number of aryl methyl sites for hydroxylation is 1. The summed E-state index contributed by atoms with van der Waals surface area (Å²) in [6.07, 6.45) is 1.07. The monoisotopic (exact) mass is 404 g/mol. The molecular formula is C21H28N2O4S. The number of methoxy groups -OCH3 is 2. The van der Waals surface area contributed by atoms with E-state index < -0.39 is 0 Å². The van der Waals surface area contributed by atoms with Crippen molar-refractivity contribution < 1.29 is 19.0 Å². The Labute approximate surface area is 170 Å². The maximum Gasteiger partial charge on any atom is 0.220 e. The fourth-order valence-electron chi connectivity index (χ4n) is 3.35. The standard InChI is InChI=1S/C21H28N2O4S/c1-25-17-12-16(13-18(14-17)26-2)5-6-21(24)22-15-19(20-4-3-11-28-20)23-7-9-27-10-8-23/h3-4,11-14,19H,5-10,15H2,1-2H3,(H,22,24). The summed E-state index contributed by atoms with van der Waals surface area (Å²) in [7, 11) is 3.25. The molecular weight excluding hydrogens is 376 g/mol.